The van der Waals surface area contributed by atoms with Gasteiger partial charge in [-0.1, -0.05) is 78.6 Å². The minimum atomic E-state index is 0.596. The molecule has 1 heteroatoms. The molecule has 0 aromatic carbocycles. The van der Waals surface area contributed by atoms with Gasteiger partial charge >= 0.3 is 0 Å². The van der Waals surface area contributed by atoms with Crippen molar-refractivity contribution in [1.29, 1.82) is 0 Å². The molecule has 1 rings (SSSR count). The van der Waals surface area contributed by atoms with Crippen LogP contribution in [0.1, 0.15) is 91.4 Å². The average molecular weight is 253 g/mol. The van der Waals surface area contributed by atoms with Crippen LogP contribution in [0.2, 0.25) is 0 Å². The molecule has 1 unspecified atom stereocenters. The first-order valence-electron chi connectivity index (χ1n) is 8.40. The predicted octanol–water partition coefficient (Wildman–Crippen LogP) is 5.30. The van der Waals surface area contributed by atoms with Gasteiger partial charge in [0, 0.05) is 6.04 Å². The molecule has 1 aliphatic rings. The van der Waals surface area contributed by atoms with Crippen LogP contribution in [0.15, 0.2) is 0 Å². The van der Waals surface area contributed by atoms with Gasteiger partial charge in [-0.15, -0.1) is 0 Å². The van der Waals surface area contributed by atoms with Crippen LogP contribution in [-0.4, -0.2) is 12.6 Å². The first-order chi connectivity index (χ1) is 8.67. The fourth-order valence-electron chi connectivity index (χ4n) is 2.70. The van der Waals surface area contributed by atoms with Crippen LogP contribution in [0.25, 0.3) is 0 Å². The van der Waals surface area contributed by atoms with Crippen molar-refractivity contribution in [3.8, 4) is 0 Å². The third-order valence-electron chi connectivity index (χ3n) is 4.43. The lowest BCUT2D eigenvalue weighted by molar-refractivity contribution is 0.512. The molecule has 0 bridgehead atoms. The van der Waals surface area contributed by atoms with Gasteiger partial charge in [0.15, 0.2) is 0 Å². The van der Waals surface area contributed by atoms with E-state index in [0.717, 1.165) is 6.04 Å². The first kappa shape index (κ1) is 16.0. The molecule has 18 heavy (non-hydrogen) atoms. The lowest BCUT2D eigenvalue weighted by atomic mass is 10.1. The highest BCUT2D eigenvalue weighted by Crippen LogP contribution is 2.44. The third kappa shape index (κ3) is 7.41. The summed E-state index contributed by atoms with van der Waals surface area (Å²) >= 11 is 0. The van der Waals surface area contributed by atoms with Crippen LogP contribution in [0, 0.1) is 5.41 Å². The second-order valence-corrected chi connectivity index (χ2v) is 6.88. The zero-order valence-electron chi connectivity index (χ0n) is 13.1. The number of hydrogen-bond donors (Lipinski definition) is 1. The summed E-state index contributed by atoms with van der Waals surface area (Å²) in [7, 11) is 0. The van der Waals surface area contributed by atoms with Crippen molar-refractivity contribution in [2.24, 2.45) is 5.41 Å². The van der Waals surface area contributed by atoms with Gasteiger partial charge in [-0.3, -0.25) is 0 Å². The topological polar surface area (TPSA) is 12.0 Å². The molecule has 1 fully saturated rings. The van der Waals surface area contributed by atoms with Gasteiger partial charge in [0.05, 0.1) is 0 Å². The van der Waals surface area contributed by atoms with E-state index >= 15 is 0 Å². The molecule has 0 aromatic rings. The summed E-state index contributed by atoms with van der Waals surface area (Å²) in [5.74, 6) is 0. The van der Waals surface area contributed by atoms with E-state index in [-0.39, 0.29) is 0 Å². The molecule has 108 valence electrons. The fourth-order valence-corrected chi connectivity index (χ4v) is 2.70. The maximum absolute atomic E-state index is 3.67. The van der Waals surface area contributed by atoms with Crippen LogP contribution in [0.4, 0.5) is 0 Å². The largest absolute Gasteiger partial charge is 0.313 e. The molecular formula is C17H35N. The van der Waals surface area contributed by atoms with Crippen molar-refractivity contribution in [3.63, 3.8) is 0 Å². The highest BCUT2D eigenvalue weighted by molar-refractivity contribution is 5.01. The standard InChI is InChI=1S/C17H35N/c1-4-5-6-7-8-9-10-11-12-13-14-18-16-15-17(16,2)3/h16,18H,4-15H2,1-3H3. The number of nitrogens with one attached hydrogen (secondary N) is 1. The Morgan fingerprint density at radius 2 is 1.28 bits per heavy atom. The Morgan fingerprint density at radius 3 is 1.72 bits per heavy atom. The van der Waals surface area contributed by atoms with Gasteiger partial charge in [0.1, 0.15) is 0 Å². The summed E-state index contributed by atoms with van der Waals surface area (Å²) in [4.78, 5) is 0. The SMILES string of the molecule is CCCCCCCCCCCCNC1CC1(C)C. The molecular weight excluding hydrogens is 218 g/mol. The summed E-state index contributed by atoms with van der Waals surface area (Å²) in [5, 5.41) is 3.67. The van der Waals surface area contributed by atoms with Crippen molar-refractivity contribution < 1.29 is 0 Å². The Morgan fingerprint density at radius 1 is 0.833 bits per heavy atom. The Labute approximate surface area is 115 Å². The highest BCUT2D eigenvalue weighted by atomic mass is 15.0. The summed E-state index contributed by atoms with van der Waals surface area (Å²) in [6.45, 7) is 8.26. The minimum Gasteiger partial charge on any atom is -0.313 e. The van der Waals surface area contributed by atoms with E-state index in [4.69, 9.17) is 0 Å². The van der Waals surface area contributed by atoms with Crippen molar-refractivity contribution in [3.05, 3.63) is 0 Å². The van der Waals surface area contributed by atoms with Crippen LogP contribution in [0.3, 0.4) is 0 Å². The zero-order chi connectivity index (χ0) is 13.3. The van der Waals surface area contributed by atoms with Crippen molar-refractivity contribution in [1.82, 2.24) is 5.32 Å². The molecule has 0 aromatic heterocycles. The van der Waals surface area contributed by atoms with Gasteiger partial charge in [-0.05, 0) is 24.8 Å². The smallest absolute Gasteiger partial charge is 0.0124 e. The average Bonchev–Trinajstić information content (AvgIpc) is 2.94. The summed E-state index contributed by atoms with van der Waals surface area (Å²) in [6, 6.07) is 0.816. The normalized spacial score (nSPS) is 21.2. The van der Waals surface area contributed by atoms with Gasteiger partial charge in [-0.25, -0.2) is 0 Å². The van der Waals surface area contributed by atoms with E-state index in [1.54, 1.807) is 0 Å². The zero-order valence-corrected chi connectivity index (χ0v) is 13.1. The number of unbranched alkanes of at least 4 members (excludes halogenated alkanes) is 9. The van der Waals surface area contributed by atoms with Gasteiger partial charge in [-0.2, -0.15) is 0 Å². The van der Waals surface area contributed by atoms with Gasteiger partial charge in [0.25, 0.3) is 0 Å². The molecule has 0 spiro atoms. The number of rotatable bonds is 12. The van der Waals surface area contributed by atoms with Crippen LogP contribution >= 0.6 is 0 Å². The molecule has 0 saturated heterocycles. The molecule has 0 radical (unpaired) electrons. The number of hydrogen-bond acceptors (Lipinski definition) is 1. The molecule has 1 saturated carbocycles. The van der Waals surface area contributed by atoms with Crippen molar-refractivity contribution in [2.75, 3.05) is 6.54 Å². The minimum absolute atomic E-state index is 0.596. The van der Waals surface area contributed by atoms with E-state index in [1.165, 1.54) is 77.2 Å². The quantitative estimate of drug-likeness (QED) is 0.466. The Balaban J connectivity index is 1.69. The molecule has 1 nitrogen and oxygen atoms in total. The Hall–Kier alpha value is -0.0400. The predicted molar refractivity (Wildman–Crippen MR) is 82.0 cm³/mol. The molecule has 0 amide bonds. The fraction of sp³-hybridized carbons (Fsp3) is 1.00. The summed E-state index contributed by atoms with van der Waals surface area (Å²) in [6.07, 6.45) is 15.7. The second kappa shape index (κ2) is 8.96. The maximum Gasteiger partial charge on any atom is 0.0124 e. The third-order valence-corrected chi connectivity index (χ3v) is 4.43. The molecule has 0 heterocycles. The second-order valence-electron chi connectivity index (χ2n) is 6.88. The molecule has 0 aliphatic heterocycles. The van der Waals surface area contributed by atoms with E-state index in [1.807, 2.05) is 0 Å². The van der Waals surface area contributed by atoms with E-state index in [9.17, 15) is 0 Å². The van der Waals surface area contributed by atoms with Gasteiger partial charge in [0.2, 0.25) is 0 Å². The summed E-state index contributed by atoms with van der Waals surface area (Å²) in [5.41, 5.74) is 0.596. The summed E-state index contributed by atoms with van der Waals surface area (Å²) < 4.78 is 0. The Kier molecular flexibility index (Phi) is 7.97. The lowest BCUT2D eigenvalue weighted by Gasteiger charge is -2.06. The van der Waals surface area contributed by atoms with Crippen LogP contribution in [-0.2, 0) is 0 Å². The van der Waals surface area contributed by atoms with E-state index in [2.05, 4.69) is 26.1 Å². The van der Waals surface area contributed by atoms with E-state index in [0.29, 0.717) is 5.41 Å². The molecule has 1 atom stereocenters. The van der Waals surface area contributed by atoms with Crippen LogP contribution in [0.5, 0.6) is 0 Å². The highest BCUT2D eigenvalue weighted by Gasteiger charge is 2.44. The van der Waals surface area contributed by atoms with E-state index < -0.39 is 0 Å². The Bertz CT molecular complexity index is 198. The van der Waals surface area contributed by atoms with Crippen molar-refractivity contribution >= 4 is 0 Å². The van der Waals surface area contributed by atoms with Crippen molar-refractivity contribution in [2.45, 2.75) is 97.4 Å². The van der Waals surface area contributed by atoms with Gasteiger partial charge < -0.3 is 5.32 Å². The lowest BCUT2D eigenvalue weighted by Crippen LogP contribution is -2.21. The maximum atomic E-state index is 3.67. The monoisotopic (exact) mass is 253 g/mol. The van der Waals surface area contributed by atoms with Crippen LogP contribution < -0.4 is 5.32 Å². The molecule has 1 N–H and O–H groups in total. The molecule has 1 aliphatic carbocycles. The first-order valence-corrected chi connectivity index (χ1v) is 8.40.